The van der Waals surface area contributed by atoms with E-state index in [1.54, 1.807) is 6.92 Å². The van der Waals surface area contributed by atoms with Crippen molar-refractivity contribution in [2.24, 2.45) is 11.1 Å². The van der Waals surface area contributed by atoms with Crippen LogP contribution in [0.2, 0.25) is 0 Å². The normalized spacial score (nSPS) is 19.5. The molecule has 0 unspecified atom stereocenters. The molecule has 9 heteroatoms. The van der Waals surface area contributed by atoms with Crippen LogP contribution in [-0.4, -0.2) is 33.1 Å². The standard InChI is InChI=1S/C25H26F3N5O/c1-15-20(18-7-4-10-30-22(18)25(26,27)28)32-19(14-34)23(31-15)33-11-8-24(9-12-33)13-16-5-2-3-6-17(16)21(24)29/h2-7,10,21,34H,8-9,11-14,29H2,1H3/t21-/m1/s1. The number of aromatic nitrogens is 3. The molecule has 1 atom stereocenters. The van der Waals surface area contributed by atoms with Gasteiger partial charge < -0.3 is 15.7 Å². The van der Waals surface area contributed by atoms with E-state index in [9.17, 15) is 18.3 Å². The van der Waals surface area contributed by atoms with Crippen LogP contribution in [0.3, 0.4) is 0 Å². The first-order chi connectivity index (χ1) is 16.2. The number of aliphatic hydroxyl groups is 1. The Hall–Kier alpha value is -3.04. The van der Waals surface area contributed by atoms with E-state index in [4.69, 9.17) is 5.73 Å². The lowest BCUT2D eigenvalue weighted by molar-refractivity contribution is -0.140. The maximum absolute atomic E-state index is 13.5. The predicted octanol–water partition coefficient (Wildman–Crippen LogP) is 4.20. The van der Waals surface area contributed by atoms with Gasteiger partial charge in [0.2, 0.25) is 0 Å². The van der Waals surface area contributed by atoms with Gasteiger partial charge in [-0.15, -0.1) is 0 Å². The smallest absolute Gasteiger partial charge is 0.390 e. The Kier molecular flexibility index (Phi) is 5.56. The third-order valence-corrected chi connectivity index (χ3v) is 7.25. The van der Waals surface area contributed by atoms with E-state index in [2.05, 4.69) is 32.0 Å². The molecule has 1 fully saturated rings. The number of nitrogens with two attached hydrogens (primary N) is 1. The van der Waals surface area contributed by atoms with Crippen molar-refractivity contribution in [3.8, 4) is 11.3 Å². The molecule has 0 amide bonds. The molecular formula is C25H26F3N5O. The zero-order valence-corrected chi connectivity index (χ0v) is 18.8. The average molecular weight is 470 g/mol. The molecule has 5 rings (SSSR count). The number of hydrogen-bond donors (Lipinski definition) is 2. The fourth-order valence-corrected chi connectivity index (χ4v) is 5.45. The minimum absolute atomic E-state index is 0.0146. The summed E-state index contributed by atoms with van der Waals surface area (Å²) in [7, 11) is 0. The molecule has 0 saturated carbocycles. The van der Waals surface area contributed by atoms with Gasteiger partial charge in [-0.3, -0.25) is 4.98 Å². The summed E-state index contributed by atoms with van der Waals surface area (Å²) >= 11 is 0. The second-order valence-electron chi connectivity index (χ2n) is 9.19. The van der Waals surface area contributed by atoms with E-state index >= 15 is 0 Å². The highest BCUT2D eigenvalue weighted by atomic mass is 19.4. The van der Waals surface area contributed by atoms with Gasteiger partial charge in [0.1, 0.15) is 5.69 Å². The summed E-state index contributed by atoms with van der Waals surface area (Å²) in [5.41, 5.74) is 8.70. The van der Waals surface area contributed by atoms with E-state index in [1.807, 2.05) is 12.1 Å². The number of aryl methyl sites for hydroxylation is 1. The lowest BCUT2D eigenvalue weighted by atomic mass is 9.73. The highest BCUT2D eigenvalue weighted by molar-refractivity contribution is 5.66. The van der Waals surface area contributed by atoms with Crippen molar-refractivity contribution in [2.45, 2.75) is 45.0 Å². The summed E-state index contributed by atoms with van der Waals surface area (Å²) < 4.78 is 40.5. The Morgan fingerprint density at radius 3 is 2.53 bits per heavy atom. The first kappa shape index (κ1) is 22.7. The summed E-state index contributed by atoms with van der Waals surface area (Å²) in [6.07, 6.45) is -0.864. The van der Waals surface area contributed by atoms with Gasteiger partial charge in [-0.1, -0.05) is 24.3 Å². The highest BCUT2D eigenvalue weighted by Crippen LogP contribution is 2.51. The Balaban J connectivity index is 1.43. The molecule has 2 aromatic heterocycles. The maximum atomic E-state index is 13.5. The van der Waals surface area contributed by atoms with Crippen LogP contribution in [0.4, 0.5) is 19.0 Å². The summed E-state index contributed by atoms with van der Waals surface area (Å²) in [5, 5.41) is 10.0. The van der Waals surface area contributed by atoms with Crippen molar-refractivity contribution >= 4 is 5.82 Å². The summed E-state index contributed by atoms with van der Waals surface area (Å²) in [4.78, 5) is 14.6. The number of halogens is 3. The molecule has 178 valence electrons. The number of pyridine rings is 1. The lowest BCUT2D eigenvalue weighted by Gasteiger charge is -2.43. The van der Waals surface area contributed by atoms with Gasteiger partial charge in [-0.05, 0) is 54.9 Å². The molecule has 1 aromatic carbocycles. The molecule has 1 spiro atoms. The lowest BCUT2D eigenvalue weighted by Crippen LogP contribution is -2.45. The Morgan fingerprint density at radius 2 is 1.85 bits per heavy atom. The van der Waals surface area contributed by atoms with Gasteiger partial charge in [0.25, 0.3) is 0 Å². The summed E-state index contributed by atoms with van der Waals surface area (Å²) in [6, 6.07) is 11.0. The SMILES string of the molecule is Cc1nc(N2CCC3(CC2)Cc2ccccc2[C@H]3N)c(CO)nc1-c1cccnc1C(F)(F)F. The minimum Gasteiger partial charge on any atom is -0.390 e. The number of piperidine rings is 1. The van der Waals surface area contributed by atoms with E-state index in [1.165, 1.54) is 23.3 Å². The van der Waals surface area contributed by atoms with Crippen LogP contribution in [0.1, 0.15) is 47.1 Å². The molecule has 34 heavy (non-hydrogen) atoms. The first-order valence-electron chi connectivity index (χ1n) is 11.3. The Morgan fingerprint density at radius 1 is 1.12 bits per heavy atom. The van der Waals surface area contributed by atoms with Crippen molar-refractivity contribution in [2.75, 3.05) is 18.0 Å². The number of rotatable bonds is 3. The molecule has 0 radical (unpaired) electrons. The molecule has 6 nitrogen and oxygen atoms in total. The van der Waals surface area contributed by atoms with Crippen molar-refractivity contribution < 1.29 is 18.3 Å². The summed E-state index contributed by atoms with van der Waals surface area (Å²) in [6.45, 7) is 2.57. The number of fused-ring (bicyclic) bond motifs is 1. The molecule has 1 aliphatic carbocycles. The average Bonchev–Trinajstić information content (AvgIpc) is 3.10. The van der Waals surface area contributed by atoms with Gasteiger partial charge in [0, 0.05) is 30.9 Å². The van der Waals surface area contributed by atoms with Crippen LogP contribution < -0.4 is 10.6 Å². The molecule has 0 bridgehead atoms. The van der Waals surface area contributed by atoms with Gasteiger partial charge in [0.05, 0.1) is 18.0 Å². The zero-order chi connectivity index (χ0) is 24.1. The van der Waals surface area contributed by atoms with Gasteiger partial charge >= 0.3 is 6.18 Å². The van der Waals surface area contributed by atoms with Crippen LogP contribution in [0.15, 0.2) is 42.6 Å². The molecule has 1 saturated heterocycles. The quantitative estimate of drug-likeness (QED) is 0.598. The second-order valence-corrected chi connectivity index (χ2v) is 9.19. The van der Waals surface area contributed by atoms with Crippen LogP contribution in [0.5, 0.6) is 0 Å². The first-order valence-corrected chi connectivity index (χ1v) is 11.3. The second kappa shape index (κ2) is 8.32. The largest absolute Gasteiger partial charge is 0.434 e. The van der Waals surface area contributed by atoms with E-state index in [0.29, 0.717) is 24.6 Å². The zero-order valence-electron chi connectivity index (χ0n) is 18.8. The monoisotopic (exact) mass is 469 g/mol. The maximum Gasteiger partial charge on any atom is 0.434 e. The molecular weight excluding hydrogens is 443 g/mol. The van der Waals surface area contributed by atoms with Crippen LogP contribution in [0.25, 0.3) is 11.3 Å². The summed E-state index contributed by atoms with van der Waals surface area (Å²) in [5.74, 6) is 0.514. The van der Waals surface area contributed by atoms with E-state index < -0.39 is 18.5 Å². The number of benzene rings is 1. The number of anilines is 1. The van der Waals surface area contributed by atoms with E-state index in [-0.39, 0.29) is 28.4 Å². The molecule has 3 N–H and O–H groups in total. The fraction of sp³-hybridized carbons (Fsp3) is 0.400. The minimum atomic E-state index is -4.62. The number of hydrogen-bond acceptors (Lipinski definition) is 6. The molecule has 1 aliphatic heterocycles. The Labute approximate surface area is 195 Å². The van der Waals surface area contributed by atoms with Crippen LogP contribution in [-0.2, 0) is 19.2 Å². The Bertz CT molecular complexity index is 1220. The van der Waals surface area contributed by atoms with Crippen molar-refractivity contribution in [1.82, 2.24) is 15.0 Å². The topological polar surface area (TPSA) is 88.2 Å². The molecule has 2 aliphatic rings. The predicted molar refractivity (Wildman–Crippen MR) is 122 cm³/mol. The molecule has 3 aromatic rings. The fourth-order valence-electron chi connectivity index (χ4n) is 5.45. The third kappa shape index (κ3) is 3.73. The van der Waals surface area contributed by atoms with E-state index in [0.717, 1.165) is 25.5 Å². The van der Waals surface area contributed by atoms with Gasteiger partial charge in [0.15, 0.2) is 11.5 Å². The number of aliphatic hydroxyl groups excluding tert-OH is 1. The van der Waals surface area contributed by atoms with Gasteiger partial charge in [-0.25, -0.2) is 9.97 Å². The van der Waals surface area contributed by atoms with Gasteiger partial charge in [-0.2, -0.15) is 13.2 Å². The number of alkyl halides is 3. The third-order valence-electron chi connectivity index (χ3n) is 7.25. The van der Waals surface area contributed by atoms with Crippen LogP contribution in [0, 0.1) is 12.3 Å². The van der Waals surface area contributed by atoms with Crippen LogP contribution >= 0.6 is 0 Å². The molecule has 3 heterocycles. The van der Waals surface area contributed by atoms with Crippen molar-refractivity contribution in [1.29, 1.82) is 0 Å². The van der Waals surface area contributed by atoms with Crippen molar-refractivity contribution in [3.05, 3.63) is 70.8 Å². The highest BCUT2D eigenvalue weighted by Gasteiger charge is 2.46. The number of nitrogens with zero attached hydrogens (tertiary/aromatic N) is 4. The van der Waals surface area contributed by atoms with Crippen molar-refractivity contribution in [3.63, 3.8) is 0 Å².